The summed E-state index contributed by atoms with van der Waals surface area (Å²) in [4.78, 5) is 37.3. The van der Waals surface area contributed by atoms with Crippen LogP contribution in [0.4, 0.5) is 21.9 Å². The first-order chi connectivity index (χ1) is 16.4. The highest BCUT2D eigenvalue weighted by Gasteiger charge is 2.24. The van der Waals surface area contributed by atoms with Crippen molar-refractivity contribution in [3.8, 4) is 5.75 Å². The van der Waals surface area contributed by atoms with Crippen LogP contribution in [-0.4, -0.2) is 30.5 Å². The highest BCUT2D eigenvalue weighted by molar-refractivity contribution is 5.99. The number of urea groups is 1. The van der Waals surface area contributed by atoms with Crippen molar-refractivity contribution in [1.82, 2.24) is 5.32 Å². The third-order valence-electron chi connectivity index (χ3n) is 4.80. The first-order valence-corrected chi connectivity index (χ1v) is 10.9. The van der Waals surface area contributed by atoms with Crippen LogP contribution in [0.15, 0.2) is 84.9 Å². The van der Waals surface area contributed by atoms with Gasteiger partial charge in [0.1, 0.15) is 11.8 Å². The molecule has 0 aliphatic heterocycles. The fraction of sp³-hybridized carbons (Fsp3) is 0.192. The average Bonchev–Trinajstić information content (AvgIpc) is 2.82. The molecular formula is C26H28N4O4. The maximum absolute atomic E-state index is 12.9. The van der Waals surface area contributed by atoms with Crippen molar-refractivity contribution >= 4 is 34.9 Å². The molecule has 0 aromatic heterocycles. The predicted octanol–water partition coefficient (Wildman–Crippen LogP) is 4.49. The molecule has 1 atom stereocenters. The van der Waals surface area contributed by atoms with Gasteiger partial charge in [-0.1, -0.05) is 56.3 Å². The van der Waals surface area contributed by atoms with Gasteiger partial charge in [0.25, 0.3) is 5.91 Å². The highest BCUT2D eigenvalue weighted by Crippen LogP contribution is 2.18. The molecule has 0 fully saturated rings. The van der Waals surface area contributed by atoms with E-state index in [-0.39, 0.29) is 24.3 Å². The van der Waals surface area contributed by atoms with E-state index in [0.29, 0.717) is 22.8 Å². The molecule has 34 heavy (non-hydrogen) atoms. The van der Waals surface area contributed by atoms with E-state index in [1.807, 2.05) is 50.2 Å². The SMILES string of the molecule is CC(C)C(NC(=O)Nc1ccccc1)C(=O)Nc1cccc(OCC(=O)Nc2ccccc2)c1. The Morgan fingerprint density at radius 1 is 0.735 bits per heavy atom. The number of amides is 4. The zero-order valence-corrected chi connectivity index (χ0v) is 19.1. The molecule has 8 heteroatoms. The summed E-state index contributed by atoms with van der Waals surface area (Å²) in [6, 6.07) is 23.6. The Bertz CT molecular complexity index is 1100. The van der Waals surface area contributed by atoms with Gasteiger partial charge in [-0.2, -0.15) is 0 Å². The average molecular weight is 461 g/mol. The van der Waals surface area contributed by atoms with Crippen LogP contribution in [0.3, 0.4) is 0 Å². The number of hydrogen-bond acceptors (Lipinski definition) is 4. The smallest absolute Gasteiger partial charge is 0.319 e. The van der Waals surface area contributed by atoms with Crippen molar-refractivity contribution in [3.63, 3.8) is 0 Å². The monoisotopic (exact) mass is 460 g/mol. The molecule has 3 aromatic carbocycles. The third kappa shape index (κ3) is 7.67. The molecule has 4 N–H and O–H groups in total. The fourth-order valence-corrected chi connectivity index (χ4v) is 3.12. The van der Waals surface area contributed by atoms with E-state index in [2.05, 4.69) is 21.3 Å². The largest absolute Gasteiger partial charge is 0.484 e. The van der Waals surface area contributed by atoms with Crippen LogP contribution >= 0.6 is 0 Å². The van der Waals surface area contributed by atoms with Gasteiger partial charge in [-0.05, 0) is 42.3 Å². The minimum Gasteiger partial charge on any atom is -0.484 e. The molecule has 0 aliphatic carbocycles. The fourth-order valence-electron chi connectivity index (χ4n) is 3.12. The Morgan fingerprint density at radius 3 is 1.94 bits per heavy atom. The normalized spacial score (nSPS) is 11.3. The number of rotatable bonds is 9. The summed E-state index contributed by atoms with van der Waals surface area (Å²) in [5.41, 5.74) is 1.80. The molecule has 4 amide bonds. The van der Waals surface area contributed by atoms with Crippen LogP contribution in [0.5, 0.6) is 5.75 Å². The number of anilines is 3. The number of hydrogen-bond donors (Lipinski definition) is 4. The second kappa shape index (κ2) is 12.1. The Kier molecular flexibility index (Phi) is 8.62. The van der Waals surface area contributed by atoms with Gasteiger partial charge in [-0.25, -0.2) is 4.79 Å². The van der Waals surface area contributed by atoms with E-state index >= 15 is 0 Å². The molecule has 0 aliphatic rings. The lowest BCUT2D eigenvalue weighted by molar-refractivity contribution is -0.119. The lowest BCUT2D eigenvalue weighted by Gasteiger charge is -2.22. The topological polar surface area (TPSA) is 109 Å². The van der Waals surface area contributed by atoms with Crippen molar-refractivity contribution in [1.29, 1.82) is 0 Å². The minimum absolute atomic E-state index is 0.150. The van der Waals surface area contributed by atoms with Crippen molar-refractivity contribution in [2.45, 2.75) is 19.9 Å². The number of carbonyl (C=O) groups excluding carboxylic acids is 3. The van der Waals surface area contributed by atoms with Gasteiger partial charge in [-0.15, -0.1) is 0 Å². The summed E-state index contributed by atoms with van der Waals surface area (Å²) >= 11 is 0. The van der Waals surface area contributed by atoms with Crippen molar-refractivity contribution < 1.29 is 19.1 Å². The van der Waals surface area contributed by atoms with E-state index in [1.54, 1.807) is 48.5 Å². The standard InChI is InChI=1S/C26H28N4O4/c1-18(2)24(30-26(33)29-20-12-7-4-8-13-20)25(32)28-21-14-9-15-22(16-21)34-17-23(31)27-19-10-5-3-6-11-19/h3-16,18,24H,17H2,1-2H3,(H,27,31)(H,28,32)(H2,29,30,33). The summed E-state index contributed by atoms with van der Waals surface area (Å²) in [5.74, 6) is -0.383. The molecular weight excluding hydrogens is 432 g/mol. The molecule has 0 bridgehead atoms. The van der Waals surface area contributed by atoms with Crippen LogP contribution in [0.1, 0.15) is 13.8 Å². The second-order valence-electron chi connectivity index (χ2n) is 7.91. The second-order valence-corrected chi connectivity index (χ2v) is 7.91. The van der Waals surface area contributed by atoms with Gasteiger partial charge in [0.15, 0.2) is 6.61 Å². The number of benzene rings is 3. The van der Waals surface area contributed by atoms with E-state index in [4.69, 9.17) is 4.74 Å². The lowest BCUT2D eigenvalue weighted by atomic mass is 10.0. The first-order valence-electron chi connectivity index (χ1n) is 10.9. The molecule has 176 valence electrons. The van der Waals surface area contributed by atoms with Crippen LogP contribution in [0, 0.1) is 5.92 Å². The molecule has 0 saturated heterocycles. The molecule has 0 saturated carbocycles. The Morgan fingerprint density at radius 2 is 1.32 bits per heavy atom. The zero-order chi connectivity index (χ0) is 24.3. The van der Waals surface area contributed by atoms with Gasteiger partial charge in [-0.3, -0.25) is 9.59 Å². The molecule has 3 aromatic rings. The molecule has 3 rings (SSSR count). The van der Waals surface area contributed by atoms with Crippen molar-refractivity contribution in [2.75, 3.05) is 22.6 Å². The van der Waals surface area contributed by atoms with Crippen LogP contribution < -0.4 is 26.0 Å². The number of carbonyl (C=O) groups is 3. The Labute approximate surface area is 198 Å². The highest BCUT2D eigenvalue weighted by atomic mass is 16.5. The van der Waals surface area contributed by atoms with E-state index in [9.17, 15) is 14.4 Å². The maximum atomic E-state index is 12.9. The summed E-state index contributed by atoms with van der Waals surface area (Å²) in [6.45, 7) is 3.51. The Balaban J connectivity index is 1.54. The molecule has 0 radical (unpaired) electrons. The van der Waals surface area contributed by atoms with E-state index < -0.39 is 12.1 Å². The van der Waals surface area contributed by atoms with Gasteiger partial charge in [0.2, 0.25) is 5.91 Å². The number of para-hydroxylation sites is 2. The van der Waals surface area contributed by atoms with Crippen LogP contribution in [0.25, 0.3) is 0 Å². The first kappa shape index (κ1) is 24.3. The lowest BCUT2D eigenvalue weighted by Crippen LogP contribution is -2.48. The van der Waals surface area contributed by atoms with Gasteiger partial charge in [0, 0.05) is 23.1 Å². The van der Waals surface area contributed by atoms with E-state index in [0.717, 1.165) is 0 Å². The van der Waals surface area contributed by atoms with Crippen molar-refractivity contribution in [3.05, 3.63) is 84.9 Å². The third-order valence-corrected chi connectivity index (χ3v) is 4.80. The van der Waals surface area contributed by atoms with Gasteiger partial charge in [0.05, 0.1) is 0 Å². The zero-order valence-electron chi connectivity index (χ0n) is 19.1. The van der Waals surface area contributed by atoms with Gasteiger partial charge >= 0.3 is 6.03 Å². The maximum Gasteiger partial charge on any atom is 0.319 e. The van der Waals surface area contributed by atoms with Crippen LogP contribution in [-0.2, 0) is 9.59 Å². The molecule has 0 heterocycles. The van der Waals surface area contributed by atoms with Crippen LogP contribution in [0.2, 0.25) is 0 Å². The molecule has 8 nitrogen and oxygen atoms in total. The minimum atomic E-state index is -0.759. The molecule has 1 unspecified atom stereocenters. The number of ether oxygens (including phenoxy) is 1. The van der Waals surface area contributed by atoms with E-state index in [1.165, 1.54) is 0 Å². The summed E-state index contributed by atoms with van der Waals surface area (Å²) < 4.78 is 5.56. The summed E-state index contributed by atoms with van der Waals surface area (Å²) in [6.07, 6.45) is 0. The Hall–Kier alpha value is -4.33. The van der Waals surface area contributed by atoms with Gasteiger partial charge < -0.3 is 26.0 Å². The summed E-state index contributed by atoms with van der Waals surface area (Å²) in [5, 5.41) is 11.0. The molecule has 0 spiro atoms. The predicted molar refractivity (Wildman–Crippen MR) is 133 cm³/mol. The number of nitrogens with one attached hydrogen (secondary N) is 4. The summed E-state index contributed by atoms with van der Waals surface area (Å²) in [7, 11) is 0. The van der Waals surface area contributed by atoms with Crippen molar-refractivity contribution in [2.24, 2.45) is 5.92 Å². The quantitative estimate of drug-likeness (QED) is 0.377.